The quantitative estimate of drug-likeness (QED) is 0.268. The van der Waals surface area contributed by atoms with Crippen LogP contribution in [0.3, 0.4) is 0 Å². The second-order valence-electron chi connectivity index (χ2n) is 8.11. The van der Waals surface area contributed by atoms with Crippen LogP contribution in [0.5, 0.6) is 0 Å². The van der Waals surface area contributed by atoms with E-state index >= 15 is 0 Å². The number of alkyl halides is 3. The van der Waals surface area contributed by atoms with Crippen LogP contribution in [-0.2, 0) is 16.7 Å². The number of hydrogen-bond donors (Lipinski definition) is 2. The second kappa shape index (κ2) is 11.4. The zero-order valence-electron chi connectivity index (χ0n) is 19.1. The summed E-state index contributed by atoms with van der Waals surface area (Å²) in [6, 6.07) is 9.86. The Morgan fingerprint density at radius 3 is 2.43 bits per heavy atom. The van der Waals surface area contributed by atoms with Gasteiger partial charge >= 0.3 is 6.18 Å². The zero-order valence-corrected chi connectivity index (χ0v) is 22.9. The molecule has 1 atom stereocenters. The van der Waals surface area contributed by atoms with E-state index < -0.39 is 23.8 Å². The number of benzene rings is 2. The van der Waals surface area contributed by atoms with Crippen LogP contribution in [0.1, 0.15) is 29.8 Å². The van der Waals surface area contributed by atoms with Gasteiger partial charge in [0.15, 0.2) is 5.69 Å². The van der Waals surface area contributed by atoms with E-state index in [1.807, 2.05) is 0 Å². The van der Waals surface area contributed by atoms with Gasteiger partial charge in [0.05, 0.1) is 15.6 Å². The van der Waals surface area contributed by atoms with Crippen molar-refractivity contribution in [3.8, 4) is 0 Å². The minimum atomic E-state index is -4.66. The number of fused-ring (bicyclic) bond motifs is 1. The fraction of sp³-hybridized carbons (Fsp3) is 0.250. The predicted octanol–water partition coefficient (Wildman–Crippen LogP) is 7.85. The van der Waals surface area contributed by atoms with E-state index in [1.165, 1.54) is 23.9 Å². The van der Waals surface area contributed by atoms with Gasteiger partial charge in [-0.3, -0.25) is 4.79 Å². The number of anilines is 1. The van der Waals surface area contributed by atoms with Crippen LogP contribution in [0.15, 0.2) is 53.7 Å². The molecule has 1 amide bonds. The van der Waals surface area contributed by atoms with Gasteiger partial charge in [-0.05, 0) is 42.3 Å². The molecule has 0 saturated carbocycles. The summed E-state index contributed by atoms with van der Waals surface area (Å²) in [5, 5.41) is 11.1. The molecule has 5 nitrogen and oxygen atoms in total. The fourth-order valence-electron chi connectivity index (χ4n) is 3.87. The molecule has 1 unspecified atom stereocenters. The van der Waals surface area contributed by atoms with Crippen molar-refractivity contribution in [3.05, 3.63) is 90.6 Å². The first-order valence-corrected chi connectivity index (χ1v) is 13.5. The molecule has 0 bridgehead atoms. The lowest BCUT2D eigenvalue weighted by molar-refractivity contribution is -0.141. The third kappa shape index (κ3) is 6.17. The molecule has 3 aromatic rings. The van der Waals surface area contributed by atoms with Crippen molar-refractivity contribution in [2.45, 2.75) is 24.9 Å². The summed E-state index contributed by atoms with van der Waals surface area (Å²) >= 11 is 26.2. The number of hydrogen-bond acceptors (Lipinski definition) is 4. The lowest BCUT2D eigenvalue weighted by atomic mass is 9.95. The summed E-state index contributed by atoms with van der Waals surface area (Å²) in [4.78, 5) is 13.3. The van der Waals surface area contributed by atoms with E-state index in [9.17, 15) is 18.0 Å². The van der Waals surface area contributed by atoms with Crippen molar-refractivity contribution >= 4 is 69.9 Å². The SMILES string of the molecule is CC1=C(C(=O)NCCSCc2c(Cl)cccc2Cl)C(c2ccc(Cl)c(Cl)c2)n2nc(C(F)(F)F)cc2N1. The Labute approximate surface area is 235 Å². The molecular weight excluding hydrogens is 591 g/mol. The lowest BCUT2D eigenvalue weighted by Crippen LogP contribution is -2.36. The fourth-order valence-corrected chi connectivity index (χ4v) is 5.77. The van der Waals surface area contributed by atoms with Crippen molar-refractivity contribution in [3.63, 3.8) is 0 Å². The van der Waals surface area contributed by atoms with Gasteiger partial charge in [0.1, 0.15) is 11.9 Å². The molecule has 1 aliphatic rings. The smallest absolute Gasteiger partial charge is 0.351 e. The molecule has 37 heavy (non-hydrogen) atoms. The molecule has 4 rings (SSSR count). The molecule has 0 spiro atoms. The Bertz CT molecular complexity index is 1360. The standard InChI is InChI=1S/C24H19Cl4F3N4OS/c1-12-21(23(36)32-7-8-37-11-14-15(25)3-2-4-16(14)26)22(13-5-6-17(27)18(28)9-13)35-20(33-12)10-19(34-35)24(29,30)31/h2-6,9-10,22,33H,7-8,11H2,1H3,(H,32,36). The molecule has 2 heterocycles. The van der Waals surface area contributed by atoms with Gasteiger partial charge in [-0.15, -0.1) is 0 Å². The molecule has 0 radical (unpaired) electrons. The number of halogens is 7. The van der Waals surface area contributed by atoms with Gasteiger partial charge in [0, 0.05) is 39.9 Å². The summed E-state index contributed by atoms with van der Waals surface area (Å²) in [5.74, 6) is 0.757. The zero-order chi connectivity index (χ0) is 26.9. The second-order valence-corrected chi connectivity index (χ2v) is 10.8. The third-order valence-electron chi connectivity index (χ3n) is 5.61. The number of thioether (sulfide) groups is 1. The molecule has 0 fully saturated rings. The van der Waals surface area contributed by atoms with E-state index in [-0.39, 0.29) is 21.4 Å². The van der Waals surface area contributed by atoms with Crippen molar-refractivity contribution in [2.75, 3.05) is 17.6 Å². The lowest BCUT2D eigenvalue weighted by Gasteiger charge is -2.30. The van der Waals surface area contributed by atoms with Crippen LogP contribution < -0.4 is 10.6 Å². The van der Waals surface area contributed by atoms with Crippen LogP contribution in [-0.4, -0.2) is 28.0 Å². The van der Waals surface area contributed by atoms with Gasteiger partial charge in [0.2, 0.25) is 0 Å². The monoisotopic (exact) mass is 608 g/mol. The molecule has 2 N–H and O–H groups in total. The summed E-state index contributed by atoms with van der Waals surface area (Å²) in [6.07, 6.45) is -4.66. The number of allylic oxidation sites excluding steroid dienone is 1. The van der Waals surface area contributed by atoms with Crippen LogP contribution in [0.2, 0.25) is 20.1 Å². The Morgan fingerprint density at radius 1 is 1.08 bits per heavy atom. The van der Waals surface area contributed by atoms with Gasteiger partial charge in [-0.1, -0.05) is 58.5 Å². The van der Waals surface area contributed by atoms with Gasteiger partial charge in [-0.25, -0.2) is 4.68 Å². The molecule has 1 aromatic heterocycles. The highest BCUT2D eigenvalue weighted by Gasteiger charge is 2.39. The van der Waals surface area contributed by atoms with Crippen LogP contribution in [0.25, 0.3) is 0 Å². The number of nitrogens with zero attached hydrogens (tertiary/aromatic N) is 2. The van der Waals surface area contributed by atoms with E-state index in [2.05, 4.69) is 15.7 Å². The van der Waals surface area contributed by atoms with Crippen molar-refractivity contribution < 1.29 is 18.0 Å². The van der Waals surface area contributed by atoms with E-state index in [1.54, 1.807) is 31.2 Å². The first kappa shape index (κ1) is 28.0. The van der Waals surface area contributed by atoms with E-state index in [0.29, 0.717) is 39.4 Å². The minimum Gasteiger partial charge on any atom is -0.351 e. The molecule has 196 valence electrons. The van der Waals surface area contributed by atoms with Gasteiger partial charge in [0.25, 0.3) is 5.91 Å². The largest absolute Gasteiger partial charge is 0.435 e. The number of nitrogens with one attached hydrogen (secondary N) is 2. The Kier molecular flexibility index (Phi) is 8.60. The molecule has 13 heteroatoms. The predicted molar refractivity (Wildman–Crippen MR) is 144 cm³/mol. The number of rotatable bonds is 7. The number of carbonyl (C=O) groups is 1. The maximum Gasteiger partial charge on any atom is 0.435 e. The highest BCUT2D eigenvalue weighted by Crippen LogP contribution is 2.40. The minimum absolute atomic E-state index is 0.102. The molecule has 0 saturated heterocycles. The first-order valence-electron chi connectivity index (χ1n) is 10.9. The maximum absolute atomic E-state index is 13.4. The van der Waals surface area contributed by atoms with Crippen LogP contribution in [0, 0.1) is 0 Å². The molecular formula is C24H19Cl4F3N4OS. The Morgan fingerprint density at radius 2 is 1.78 bits per heavy atom. The number of carbonyl (C=O) groups excluding carboxylic acids is 1. The molecule has 2 aromatic carbocycles. The first-order chi connectivity index (χ1) is 17.5. The summed E-state index contributed by atoms with van der Waals surface area (Å²) in [7, 11) is 0. The van der Waals surface area contributed by atoms with Gasteiger partial charge < -0.3 is 10.6 Å². The molecule has 0 aliphatic carbocycles. The average molecular weight is 610 g/mol. The highest BCUT2D eigenvalue weighted by molar-refractivity contribution is 7.98. The van der Waals surface area contributed by atoms with E-state index in [0.717, 1.165) is 16.3 Å². The van der Waals surface area contributed by atoms with Crippen LogP contribution in [0.4, 0.5) is 19.0 Å². The summed E-state index contributed by atoms with van der Waals surface area (Å²) in [5.41, 5.74) is 0.793. The van der Waals surface area contributed by atoms with Crippen molar-refractivity contribution in [1.29, 1.82) is 0 Å². The van der Waals surface area contributed by atoms with Crippen LogP contribution >= 0.6 is 58.2 Å². The van der Waals surface area contributed by atoms with Gasteiger partial charge in [-0.2, -0.15) is 30.0 Å². The topological polar surface area (TPSA) is 59.0 Å². The number of amides is 1. The summed E-state index contributed by atoms with van der Waals surface area (Å²) < 4.78 is 41.4. The Hall–Kier alpha value is -2.04. The normalized spacial score (nSPS) is 15.4. The maximum atomic E-state index is 13.4. The Balaban J connectivity index is 1.55. The van der Waals surface area contributed by atoms with Crippen molar-refractivity contribution in [1.82, 2.24) is 15.1 Å². The average Bonchev–Trinajstić information content (AvgIpc) is 3.25. The van der Waals surface area contributed by atoms with E-state index in [4.69, 9.17) is 46.4 Å². The number of aromatic nitrogens is 2. The summed E-state index contributed by atoms with van der Waals surface area (Å²) in [6.45, 7) is 1.92. The van der Waals surface area contributed by atoms with Crippen molar-refractivity contribution in [2.24, 2.45) is 0 Å². The molecule has 1 aliphatic heterocycles. The highest BCUT2D eigenvalue weighted by atomic mass is 35.5. The third-order valence-corrected chi connectivity index (χ3v) is 8.04.